The smallest absolute Gasteiger partial charge is 0.317 e. The van der Waals surface area contributed by atoms with Crippen molar-refractivity contribution in [3.63, 3.8) is 0 Å². The molecule has 0 saturated carbocycles. The number of hydrogen-bond acceptors (Lipinski definition) is 8. The summed E-state index contributed by atoms with van der Waals surface area (Å²) in [7, 11) is 0. The summed E-state index contributed by atoms with van der Waals surface area (Å²) in [6.45, 7) is -1.36. The molecule has 0 unspecified atom stereocenters. The molecule has 0 aliphatic rings. The third kappa shape index (κ3) is 13.5. The molecule has 0 aliphatic heterocycles. The van der Waals surface area contributed by atoms with Crippen molar-refractivity contribution in [2.75, 3.05) is 32.7 Å². The summed E-state index contributed by atoms with van der Waals surface area (Å²) in [6, 6.07) is 3.55. The van der Waals surface area contributed by atoms with Crippen molar-refractivity contribution in [2.45, 2.75) is 51.6 Å². The molecule has 1 aromatic heterocycles. The monoisotopic (exact) mass is 482 g/mol. The Hall–Kier alpha value is -3.09. The maximum atomic E-state index is 11.1. The average molecular weight is 483 g/mol. The van der Waals surface area contributed by atoms with Crippen molar-refractivity contribution >= 4 is 23.9 Å². The van der Waals surface area contributed by atoms with Crippen molar-refractivity contribution in [3.05, 3.63) is 29.1 Å². The van der Waals surface area contributed by atoms with Crippen LogP contribution in [0.5, 0.6) is 0 Å². The van der Waals surface area contributed by atoms with E-state index in [-0.39, 0.29) is 13.1 Å². The summed E-state index contributed by atoms with van der Waals surface area (Å²) in [6.07, 6.45) is 5.62. The van der Waals surface area contributed by atoms with Crippen molar-refractivity contribution < 1.29 is 39.6 Å². The van der Waals surface area contributed by atoms with Crippen LogP contribution in [0.1, 0.15) is 49.1 Å². The fourth-order valence-electron chi connectivity index (χ4n) is 3.59. The minimum Gasteiger partial charge on any atom is -0.480 e. The van der Waals surface area contributed by atoms with Gasteiger partial charge in [-0.1, -0.05) is 19.3 Å². The summed E-state index contributed by atoms with van der Waals surface area (Å²) < 4.78 is 0. The first-order chi connectivity index (χ1) is 16.1. The van der Waals surface area contributed by atoms with Gasteiger partial charge >= 0.3 is 23.9 Å². The molecule has 6 N–H and O–H groups in total. The van der Waals surface area contributed by atoms with Gasteiger partial charge in [0.15, 0.2) is 0 Å². The summed E-state index contributed by atoms with van der Waals surface area (Å²) in [4.78, 5) is 51.4. The molecule has 34 heavy (non-hydrogen) atoms. The Bertz CT molecular complexity index is 745. The molecule has 0 aliphatic carbocycles. The molecule has 0 amide bonds. The Morgan fingerprint density at radius 2 is 1.06 bits per heavy atom. The number of unbranched alkanes of at least 4 members (excludes halogenated alkanes) is 4. The van der Waals surface area contributed by atoms with Crippen molar-refractivity contribution in [2.24, 2.45) is 5.73 Å². The number of carboxylic acids is 4. The molecule has 0 aromatic carbocycles. The van der Waals surface area contributed by atoms with Gasteiger partial charge in [-0.2, -0.15) is 0 Å². The fourth-order valence-corrected chi connectivity index (χ4v) is 3.59. The maximum Gasteiger partial charge on any atom is 0.317 e. The molecule has 0 bridgehead atoms. The number of carboxylic acid groups (broad SMARTS) is 4. The van der Waals surface area contributed by atoms with Gasteiger partial charge in [-0.3, -0.25) is 34.0 Å². The van der Waals surface area contributed by atoms with Gasteiger partial charge in [-0.05, 0) is 43.5 Å². The van der Waals surface area contributed by atoms with Crippen molar-refractivity contribution in [1.82, 2.24) is 14.8 Å². The van der Waals surface area contributed by atoms with Crippen LogP contribution in [-0.4, -0.2) is 91.8 Å². The minimum absolute atomic E-state index is 0.0339. The van der Waals surface area contributed by atoms with Crippen LogP contribution in [0.15, 0.2) is 12.1 Å². The molecule has 12 heteroatoms. The Morgan fingerprint density at radius 1 is 0.676 bits per heavy atom. The van der Waals surface area contributed by atoms with Crippen LogP contribution in [0, 0.1) is 0 Å². The predicted octanol–water partition coefficient (Wildman–Crippen LogP) is 0.476. The molecule has 1 rings (SSSR count). The number of pyridine rings is 1. The summed E-state index contributed by atoms with van der Waals surface area (Å²) in [5.41, 5.74) is 7.26. The zero-order valence-electron chi connectivity index (χ0n) is 19.2. The molecule has 1 aromatic rings. The van der Waals surface area contributed by atoms with Gasteiger partial charge in [0.1, 0.15) is 0 Å². The number of carbonyl (C=O) groups is 4. The third-order valence-corrected chi connectivity index (χ3v) is 4.87. The second-order valence-electron chi connectivity index (χ2n) is 8.13. The van der Waals surface area contributed by atoms with E-state index >= 15 is 0 Å². The van der Waals surface area contributed by atoms with Gasteiger partial charge in [0.05, 0.1) is 37.6 Å². The quantitative estimate of drug-likeness (QED) is 0.171. The molecule has 0 fully saturated rings. The average Bonchev–Trinajstić information content (AvgIpc) is 2.68. The van der Waals surface area contributed by atoms with E-state index in [0.29, 0.717) is 24.4 Å². The van der Waals surface area contributed by atoms with Crippen molar-refractivity contribution in [1.29, 1.82) is 0 Å². The fraction of sp³-hybridized carbons (Fsp3) is 0.591. The SMILES string of the molecule is NCCCCCCCc1cc(CN(CC(=O)O)CC(=O)O)nc(CN(CC(=O)O)CC(=O)O)c1. The largest absolute Gasteiger partial charge is 0.480 e. The van der Waals surface area contributed by atoms with Gasteiger partial charge in [0, 0.05) is 13.1 Å². The lowest BCUT2D eigenvalue weighted by atomic mass is 10.0. The lowest BCUT2D eigenvalue weighted by Gasteiger charge is -2.21. The van der Waals surface area contributed by atoms with Gasteiger partial charge in [0.2, 0.25) is 0 Å². The van der Waals surface area contributed by atoms with Gasteiger partial charge in [0.25, 0.3) is 0 Å². The molecule has 0 radical (unpaired) electrons. The third-order valence-electron chi connectivity index (χ3n) is 4.87. The summed E-state index contributed by atoms with van der Waals surface area (Å²) in [5, 5.41) is 36.4. The number of aromatic nitrogens is 1. The lowest BCUT2D eigenvalue weighted by molar-refractivity contribution is -0.144. The van der Waals surface area contributed by atoms with Crippen LogP contribution in [0.4, 0.5) is 0 Å². The first kappa shape index (κ1) is 28.9. The Morgan fingerprint density at radius 3 is 1.44 bits per heavy atom. The van der Waals surface area contributed by atoms with Crippen LogP contribution in [0.25, 0.3) is 0 Å². The lowest BCUT2D eigenvalue weighted by Crippen LogP contribution is -2.35. The molecule has 1 heterocycles. The van der Waals surface area contributed by atoms with E-state index in [1.807, 2.05) is 0 Å². The Balaban J connectivity index is 3.08. The number of nitrogens with zero attached hydrogens (tertiary/aromatic N) is 3. The van der Waals surface area contributed by atoms with E-state index in [1.54, 1.807) is 12.1 Å². The van der Waals surface area contributed by atoms with Crippen LogP contribution in [0.2, 0.25) is 0 Å². The Kier molecular flexibility index (Phi) is 13.4. The molecule has 0 saturated heterocycles. The van der Waals surface area contributed by atoms with Gasteiger partial charge < -0.3 is 26.2 Å². The Labute approximate surface area is 198 Å². The van der Waals surface area contributed by atoms with E-state index in [1.165, 1.54) is 9.80 Å². The molecular weight excluding hydrogens is 448 g/mol. The molecule has 190 valence electrons. The van der Waals surface area contributed by atoms with Gasteiger partial charge in [-0.15, -0.1) is 0 Å². The summed E-state index contributed by atoms with van der Waals surface area (Å²) in [5.74, 6) is -4.71. The topological polar surface area (TPSA) is 195 Å². The normalized spacial score (nSPS) is 11.1. The number of aliphatic carboxylic acids is 4. The van der Waals surface area contributed by atoms with E-state index in [2.05, 4.69) is 4.98 Å². The first-order valence-corrected chi connectivity index (χ1v) is 11.1. The van der Waals surface area contributed by atoms with Crippen LogP contribution in [0.3, 0.4) is 0 Å². The van der Waals surface area contributed by atoms with E-state index < -0.39 is 50.1 Å². The van der Waals surface area contributed by atoms with Crippen LogP contribution < -0.4 is 5.73 Å². The van der Waals surface area contributed by atoms with Crippen molar-refractivity contribution in [3.8, 4) is 0 Å². The van der Waals surface area contributed by atoms with E-state index in [4.69, 9.17) is 26.2 Å². The first-order valence-electron chi connectivity index (χ1n) is 11.1. The highest BCUT2D eigenvalue weighted by Crippen LogP contribution is 2.15. The zero-order chi connectivity index (χ0) is 25.5. The van der Waals surface area contributed by atoms with E-state index in [9.17, 15) is 19.2 Å². The number of rotatable bonds is 19. The number of nitrogens with two attached hydrogens (primary N) is 1. The van der Waals surface area contributed by atoms with Crippen LogP contribution >= 0.6 is 0 Å². The van der Waals surface area contributed by atoms with Gasteiger partial charge in [-0.25, -0.2) is 0 Å². The molecular formula is C22H34N4O8. The highest BCUT2D eigenvalue weighted by Gasteiger charge is 2.18. The highest BCUT2D eigenvalue weighted by molar-refractivity contribution is 5.73. The highest BCUT2D eigenvalue weighted by atomic mass is 16.4. The molecule has 0 atom stereocenters. The predicted molar refractivity (Wildman–Crippen MR) is 121 cm³/mol. The number of hydrogen-bond donors (Lipinski definition) is 5. The summed E-state index contributed by atoms with van der Waals surface area (Å²) >= 11 is 0. The zero-order valence-corrected chi connectivity index (χ0v) is 19.2. The molecule has 12 nitrogen and oxygen atoms in total. The molecule has 0 spiro atoms. The van der Waals surface area contributed by atoms with E-state index in [0.717, 1.165) is 37.7 Å². The standard InChI is InChI=1S/C22H34N4O8/c23-7-5-3-1-2-4-6-16-8-17(10-25(12-19(27)28)13-20(29)30)24-18(9-16)11-26(14-21(31)32)15-22(33)34/h8-9H,1-7,10-15,23H2,(H,27,28)(H,29,30)(H,31,32)(H,33,34). The number of aryl methyl sites for hydroxylation is 1. The second kappa shape index (κ2) is 15.7. The van der Waals surface area contributed by atoms with Crippen LogP contribution in [-0.2, 0) is 38.7 Å². The minimum atomic E-state index is -1.18. The maximum absolute atomic E-state index is 11.1. The second-order valence-corrected chi connectivity index (χ2v) is 8.13.